The first-order chi connectivity index (χ1) is 16.0. The van der Waals surface area contributed by atoms with E-state index >= 15 is 0 Å². The minimum atomic E-state index is -0.205. The van der Waals surface area contributed by atoms with E-state index in [1.807, 2.05) is 55.5 Å². The fourth-order valence-corrected chi connectivity index (χ4v) is 4.15. The van der Waals surface area contributed by atoms with Crippen LogP contribution in [0.5, 0.6) is 5.75 Å². The highest BCUT2D eigenvalue weighted by atomic mass is 35.5. The number of benzene rings is 3. The molecule has 0 aliphatic carbocycles. The Labute approximate surface area is 204 Å². The van der Waals surface area contributed by atoms with E-state index < -0.39 is 0 Å². The zero-order valence-corrected chi connectivity index (χ0v) is 20.1. The molecule has 33 heavy (non-hydrogen) atoms. The van der Waals surface area contributed by atoms with E-state index in [-0.39, 0.29) is 12.5 Å². The van der Waals surface area contributed by atoms with Crippen molar-refractivity contribution >= 4 is 40.5 Å². The van der Waals surface area contributed by atoms with Gasteiger partial charge in [0.1, 0.15) is 5.75 Å². The van der Waals surface area contributed by atoms with Crippen LogP contribution < -0.4 is 15.0 Å². The van der Waals surface area contributed by atoms with Crippen molar-refractivity contribution in [2.24, 2.45) is 0 Å². The number of halogens is 2. The number of piperazine rings is 1. The van der Waals surface area contributed by atoms with Gasteiger partial charge >= 0.3 is 0 Å². The van der Waals surface area contributed by atoms with Crippen LogP contribution in [0.4, 0.5) is 11.4 Å². The third-order valence-corrected chi connectivity index (χ3v) is 6.53. The largest absolute Gasteiger partial charge is 0.484 e. The number of rotatable bonds is 7. The molecule has 7 heteroatoms. The minimum absolute atomic E-state index is 0.0593. The standard InChI is InChI=1S/C26H27Cl2N3O2/c1-19-16-23(10-11-24(19)27)33-18-26(32)29-21-6-8-22(9-7-21)31-14-12-30(13-15-31)17-20-4-2-3-5-25(20)28/h2-11,16H,12-15,17-18H2,1H3,(H,29,32). The maximum atomic E-state index is 12.2. The van der Waals surface area contributed by atoms with E-state index in [0.717, 1.165) is 54.7 Å². The van der Waals surface area contributed by atoms with Crippen molar-refractivity contribution in [2.75, 3.05) is 43.0 Å². The smallest absolute Gasteiger partial charge is 0.262 e. The molecular formula is C26H27Cl2N3O2. The average Bonchev–Trinajstić information content (AvgIpc) is 2.82. The maximum absolute atomic E-state index is 12.2. The van der Waals surface area contributed by atoms with Crippen molar-refractivity contribution in [1.82, 2.24) is 4.90 Å². The van der Waals surface area contributed by atoms with Gasteiger partial charge < -0.3 is 15.0 Å². The molecule has 0 saturated carbocycles. The van der Waals surface area contributed by atoms with Gasteiger partial charge in [-0.15, -0.1) is 0 Å². The van der Waals surface area contributed by atoms with Gasteiger partial charge in [0.25, 0.3) is 5.91 Å². The van der Waals surface area contributed by atoms with E-state index in [9.17, 15) is 4.79 Å². The fourth-order valence-electron chi connectivity index (χ4n) is 3.84. The van der Waals surface area contributed by atoms with Crippen molar-refractivity contribution in [3.8, 4) is 5.75 Å². The summed E-state index contributed by atoms with van der Waals surface area (Å²) >= 11 is 12.3. The van der Waals surface area contributed by atoms with Crippen molar-refractivity contribution in [3.05, 3.63) is 87.9 Å². The van der Waals surface area contributed by atoms with Crippen LogP contribution in [0.3, 0.4) is 0 Å². The van der Waals surface area contributed by atoms with Gasteiger partial charge in [-0.2, -0.15) is 0 Å². The molecule has 0 radical (unpaired) electrons. The van der Waals surface area contributed by atoms with Gasteiger partial charge in [0.15, 0.2) is 6.61 Å². The summed E-state index contributed by atoms with van der Waals surface area (Å²) in [6.07, 6.45) is 0. The Hall–Kier alpha value is -2.73. The second kappa shape index (κ2) is 10.9. The van der Waals surface area contributed by atoms with Gasteiger partial charge in [0, 0.05) is 54.1 Å². The molecule has 0 spiro atoms. The number of hydrogen-bond donors (Lipinski definition) is 1. The normalized spacial score (nSPS) is 14.2. The molecule has 0 atom stereocenters. The molecule has 4 rings (SSSR count). The van der Waals surface area contributed by atoms with Gasteiger partial charge in [-0.05, 0) is 66.6 Å². The Morgan fingerprint density at radius 1 is 0.939 bits per heavy atom. The molecule has 1 amide bonds. The minimum Gasteiger partial charge on any atom is -0.484 e. The van der Waals surface area contributed by atoms with Crippen LogP contribution in [0.2, 0.25) is 10.0 Å². The summed E-state index contributed by atoms with van der Waals surface area (Å²) in [5.74, 6) is 0.416. The molecule has 172 valence electrons. The second-order valence-electron chi connectivity index (χ2n) is 8.15. The van der Waals surface area contributed by atoms with Crippen molar-refractivity contribution < 1.29 is 9.53 Å². The lowest BCUT2D eigenvalue weighted by atomic mass is 10.2. The summed E-state index contributed by atoms with van der Waals surface area (Å²) in [5.41, 5.74) is 3.98. The number of nitrogens with one attached hydrogen (secondary N) is 1. The molecule has 1 aliphatic heterocycles. The highest BCUT2D eigenvalue weighted by molar-refractivity contribution is 6.31. The molecule has 1 fully saturated rings. The first-order valence-corrected chi connectivity index (χ1v) is 11.7. The van der Waals surface area contributed by atoms with Gasteiger partial charge in [-0.25, -0.2) is 0 Å². The van der Waals surface area contributed by atoms with E-state index in [1.165, 1.54) is 5.56 Å². The third-order valence-electron chi connectivity index (χ3n) is 5.74. The first-order valence-electron chi connectivity index (χ1n) is 11.0. The van der Waals surface area contributed by atoms with Crippen LogP contribution in [-0.2, 0) is 11.3 Å². The Kier molecular flexibility index (Phi) is 7.76. The quantitative estimate of drug-likeness (QED) is 0.472. The third kappa shape index (κ3) is 6.41. The van der Waals surface area contributed by atoms with Crippen LogP contribution in [0.15, 0.2) is 66.7 Å². The van der Waals surface area contributed by atoms with E-state index in [0.29, 0.717) is 10.8 Å². The lowest BCUT2D eigenvalue weighted by Gasteiger charge is -2.36. The van der Waals surface area contributed by atoms with Crippen LogP contribution >= 0.6 is 23.2 Å². The summed E-state index contributed by atoms with van der Waals surface area (Å²) in [4.78, 5) is 17.0. The van der Waals surface area contributed by atoms with Crippen molar-refractivity contribution in [3.63, 3.8) is 0 Å². The highest BCUT2D eigenvalue weighted by Gasteiger charge is 2.18. The summed E-state index contributed by atoms with van der Waals surface area (Å²) < 4.78 is 5.56. The van der Waals surface area contributed by atoms with Crippen LogP contribution in [-0.4, -0.2) is 43.6 Å². The Morgan fingerprint density at radius 3 is 2.36 bits per heavy atom. The fraction of sp³-hybridized carbons (Fsp3) is 0.269. The summed E-state index contributed by atoms with van der Waals surface area (Å²) in [7, 11) is 0. The van der Waals surface area contributed by atoms with Crippen LogP contribution in [0.25, 0.3) is 0 Å². The Bertz CT molecular complexity index is 1100. The van der Waals surface area contributed by atoms with Crippen molar-refractivity contribution in [2.45, 2.75) is 13.5 Å². The van der Waals surface area contributed by atoms with E-state index in [2.05, 4.69) is 21.2 Å². The number of carbonyl (C=O) groups is 1. The zero-order valence-electron chi connectivity index (χ0n) is 18.6. The molecule has 3 aromatic rings. The molecule has 0 aromatic heterocycles. The summed E-state index contributed by atoms with van der Waals surface area (Å²) in [6, 6.07) is 21.3. The molecule has 1 heterocycles. The number of aryl methyl sites for hydroxylation is 1. The van der Waals surface area contributed by atoms with Gasteiger partial charge in [-0.3, -0.25) is 9.69 Å². The molecule has 5 nitrogen and oxygen atoms in total. The zero-order chi connectivity index (χ0) is 23.2. The first kappa shape index (κ1) is 23.4. The predicted octanol–water partition coefficient (Wildman–Crippen LogP) is 5.64. The van der Waals surface area contributed by atoms with Crippen LogP contribution in [0, 0.1) is 6.92 Å². The number of amides is 1. The van der Waals surface area contributed by atoms with Crippen molar-refractivity contribution in [1.29, 1.82) is 0 Å². The Balaban J connectivity index is 1.24. The molecule has 0 unspecified atom stereocenters. The number of hydrogen-bond acceptors (Lipinski definition) is 4. The predicted molar refractivity (Wildman–Crippen MR) is 136 cm³/mol. The molecule has 1 aliphatic rings. The molecule has 1 saturated heterocycles. The summed E-state index contributed by atoms with van der Waals surface area (Å²) in [5, 5.41) is 4.38. The average molecular weight is 484 g/mol. The lowest BCUT2D eigenvalue weighted by Crippen LogP contribution is -2.46. The van der Waals surface area contributed by atoms with Gasteiger partial charge in [0.05, 0.1) is 0 Å². The van der Waals surface area contributed by atoms with Gasteiger partial charge in [0.2, 0.25) is 0 Å². The summed E-state index contributed by atoms with van der Waals surface area (Å²) in [6.45, 7) is 6.56. The maximum Gasteiger partial charge on any atom is 0.262 e. The topological polar surface area (TPSA) is 44.8 Å². The number of ether oxygens (including phenoxy) is 1. The molecule has 3 aromatic carbocycles. The second-order valence-corrected chi connectivity index (χ2v) is 8.96. The van der Waals surface area contributed by atoms with Gasteiger partial charge in [-0.1, -0.05) is 41.4 Å². The van der Waals surface area contributed by atoms with E-state index in [1.54, 1.807) is 12.1 Å². The molecule has 0 bridgehead atoms. The SMILES string of the molecule is Cc1cc(OCC(=O)Nc2ccc(N3CCN(Cc4ccccc4Cl)CC3)cc2)ccc1Cl. The van der Waals surface area contributed by atoms with Crippen LogP contribution in [0.1, 0.15) is 11.1 Å². The number of anilines is 2. The molecule has 1 N–H and O–H groups in total. The molecular weight excluding hydrogens is 457 g/mol. The number of nitrogens with zero attached hydrogens (tertiary/aromatic N) is 2. The lowest BCUT2D eigenvalue weighted by molar-refractivity contribution is -0.118. The highest BCUT2D eigenvalue weighted by Crippen LogP contribution is 2.23. The monoisotopic (exact) mass is 483 g/mol. The number of carbonyl (C=O) groups excluding carboxylic acids is 1. The van der Waals surface area contributed by atoms with E-state index in [4.69, 9.17) is 27.9 Å². The Morgan fingerprint density at radius 2 is 1.67 bits per heavy atom.